The lowest BCUT2D eigenvalue weighted by atomic mass is 10.1. The molecular formula is C26H25N3O4. The molecule has 7 heteroatoms. The van der Waals surface area contributed by atoms with Gasteiger partial charge in [0.25, 0.3) is 5.91 Å². The fourth-order valence-corrected chi connectivity index (χ4v) is 3.86. The van der Waals surface area contributed by atoms with Gasteiger partial charge in [0, 0.05) is 30.9 Å². The van der Waals surface area contributed by atoms with Crippen molar-refractivity contribution in [3.05, 3.63) is 95.6 Å². The van der Waals surface area contributed by atoms with Crippen LogP contribution < -0.4 is 10.2 Å². The molecule has 1 heterocycles. The Morgan fingerprint density at radius 1 is 0.939 bits per heavy atom. The Hall–Kier alpha value is -4.13. The smallest absolute Gasteiger partial charge is 0.339 e. The lowest BCUT2D eigenvalue weighted by molar-refractivity contribution is 0.0602. The summed E-state index contributed by atoms with van der Waals surface area (Å²) in [6, 6.07) is 23.4. The maximum Gasteiger partial charge on any atom is 0.339 e. The van der Waals surface area contributed by atoms with E-state index in [-0.39, 0.29) is 17.5 Å². The van der Waals surface area contributed by atoms with Crippen LogP contribution in [0.15, 0.2) is 78.9 Å². The minimum atomic E-state index is -0.530. The summed E-state index contributed by atoms with van der Waals surface area (Å²) >= 11 is 0. The number of methoxy groups -OCH3 is 1. The van der Waals surface area contributed by atoms with Crippen molar-refractivity contribution in [2.24, 2.45) is 0 Å². The highest BCUT2D eigenvalue weighted by atomic mass is 16.5. The molecule has 0 unspecified atom stereocenters. The number of nitrogens with zero attached hydrogens (tertiary/aromatic N) is 2. The number of carbonyl (C=O) groups excluding carboxylic acids is 3. The summed E-state index contributed by atoms with van der Waals surface area (Å²) in [6.45, 7) is 1.82. The molecule has 7 nitrogen and oxygen atoms in total. The second-order valence-electron chi connectivity index (χ2n) is 7.74. The molecule has 1 saturated heterocycles. The fraction of sp³-hybridized carbons (Fsp3) is 0.192. The molecule has 1 aliphatic heterocycles. The average Bonchev–Trinajstić information content (AvgIpc) is 2.86. The van der Waals surface area contributed by atoms with Crippen LogP contribution in [0.1, 0.15) is 32.7 Å². The maximum absolute atomic E-state index is 13.2. The van der Waals surface area contributed by atoms with Gasteiger partial charge in [-0.2, -0.15) is 0 Å². The second-order valence-corrected chi connectivity index (χ2v) is 7.74. The molecule has 0 aromatic heterocycles. The van der Waals surface area contributed by atoms with Crippen LogP contribution in [-0.2, 0) is 11.3 Å². The van der Waals surface area contributed by atoms with Gasteiger partial charge in [-0.25, -0.2) is 9.59 Å². The summed E-state index contributed by atoms with van der Waals surface area (Å²) in [7, 11) is 1.29. The number of esters is 1. The van der Waals surface area contributed by atoms with Gasteiger partial charge < -0.3 is 15.0 Å². The maximum atomic E-state index is 13.2. The second kappa shape index (κ2) is 9.99. The Balaban J connectivity index is 1.51. The molecule has 1 N–H and O–H groups in total. The minimum Gasteiger partial charge on any atom is -0.465 e. The van der Waals surface area contributed by atoms with Crippen LogP contribution in [-0.4, -0.2) is 43.0 Å². The number of hydrogen-bond acceptors (Lipinski definition) is 4. The van der Waals surface area contributed by atoms with Crippen LogP contribution in [0.3, 0.4) is 0 Å². The average molecular weight is 444 g/mol. The number of rotatable bonds is 6. The van der Waals surface area contributed by atoms with Crippen LogP contribution in [0.2, 0.25) is 0 Å². The Labute approximate surface area is 192 Å². The largest absolute Gasteiger partial charge is 0.465 e. The Morgan fingerprint density at radius 3 is 2.48 bits per heavy atom. The number of para-hydroxylation sites is 1. The molecule has 1 fully saturated rings. The first kappa shape index (κ1) is 22.1. The van der Waals surface area contributed by atoms with E-state index in [0.29, 0.717) is 36.6 Å². The Morgan fingerprint density at radius 2 is 1.70 bits per heavy atom. The fourth-order valence-electron chi connectivity index (χ4n) is 3.86. The van der Waals surface area contributed by atoms with Crippen molar-refractivity contribution < 1.29 is 19.1 Å². The highest BCUT2D eigenvalue weighted by Crippen LogP contribution is 2.24. The SMILES string of the molecule is COC(=O)c1ccccc1NC(=O)c1cccc(N2CCCN(Cc3ccccc3)C2=O)c1. The van der Waals surface area contributed by atoms with Gasteiger partial charge >= 0.3 is 12.0 Å². The van der Waals surface area contributed by atoms with Crippen LogP contribution >= 0.6 is 0 Å². The van der Waals surface area contributed by atoms with Gasteiger partial charge in [-0.1, -0.05) is 48.5 Å². The summed E-state index contributed by atoms with van der Waals surface area (Å²) in [6.07, 6.45) is 0.835. The summed E-state index contributed by atoms with van der Waals surface area (Å²) in [5.74, 6) is -0.907. The van der Waals surface area contributed by atoms with Crippen molar-refractivity contribution >= 4 is 29.3 Å². The highest BCUT2D eigenvalue weighted by molar-refractivity contribution is 6.08. The Kier molecular flexibility index (Phi) is 6.69. The van der Waals surface area contributed by atoms with Crippen LogP contribution in [0, 0.1) is 0 Å². The third-order valence-electron chi connectivity index (χ3n) is 5.53. The number of benzene rings is 3. The highest BCUT2D eigenvalue weighted by Gasteiger charge is 2.27. The zero-order chi connectivity index (χ0) is 23.2. The number of anilines is 2. The van der Waals surface area contributed by atoms with E-state index in [1.807, 2.05) is 41.3 Å². The monoisotopic (exact) mass is 443 g/mol. The number of urea groups is 1. The molecule has 0 radical (unpaired) electrons. The summed E-state index contributed by atoms with van der Waals surface area (Å²) in [5, 5.41) is 2.77. The summed E-state index contributed by atoms with van der Waals surface area (Å²) in [5.41, 5.74) is 2.76. The van der Waals surface area contributed by atoms with Gasteiger partial charge in [0.1, 0.15) is 0 Å². The molecular weight excluding hydrogens is 418 g/mol. The number of amides is 3. The van der Waals surface area contributed by atoms with E-state index in [9.17, 15) is 14.4 Å². The molecule has 0 aliphatic carbocycles. The van der Waals surface area contributed by atoms with Crippen molar-refractivity contribution in [2.75, 3.05) is 30.4 Å². The number of hydrogen-bond donors (Lipinski definition) is 1. The lowest BCUT2D eigenvalue weighted by Crippen LogP contribution is -2.49. The van der Waals surface area contributed by atoms with E-state index in [2.05, 4.69) is 5.32 Å². The van der Waals surface area contributed by atoms with E-state index in [1.165, 1.54) is 7.11 Å². The van der Waals surface area contributed by atoms with E-state index < -0.39 is 5.97 Å². The van der Waals surface area contributed by atoms with Crippen molar-refractivity contribution in [1.29, 1.82) is 0 Å². The Bertz CT molecular complexity index is 1160. The number of carbonyl (C=O) groups is 3. The molecule has 4 rings (SSSR count). The van der Waals surface area contributed by atoms with Crippen molar-refractivity contribution in [2.45, 2.75) is 13.0 Å². The molecule has 168 valence electrons. The normalized spacial score (nSPS) is 13.5. The zero-order valence-electron chi connectivity index (χ0n) is 18.4. The van der Waals surface area contributed by atoms with Crippen molar-refractivity contribution in [3.8, 4) is 0 Å². The number of ether oxygens (including phenoxy) is 1. The van der Waals surface area contributed by atoms with E-state index in [4.69, 9.17) is 4.74 Å². The minimum absolute atomic E-state index is 0.0845. The summed E-state index contributed by atoms with van der Waals surface area (Å²) < 4.78 is 4.79. The quantitative estimate of drug-likeness (QED) is 0.567. The molecule has 3 aromatic carbocycles. The van der Waals surface area contributed by atoms with E-state index >= 15 is 0 Å². The molecule has 33 heavy (non-hydrogen) atoms. The molecule has 1 aliphatic rings. The first-order valence-electron chi connectivity index (χ1n) is 10.8. The predicted octanol–water partition coefficient (Wildman–Crippen LogP) is 4.56. The van der Waals surface area contributed by atoms with Gasteiger partial charge in [0.2, 0.25) is 0 Å². The first-order chi connectivity index (χ1) is 16.1. The van der Waals surface area contributed by atoms with Crippen molar-refractivity contribution in [1.82, 2.24) is 4.90 Å². The van der Waals surface area contributed by atoms with Crippen molar-refractivity contribution in [3.63, 3.8) is 0 Å². The van der Waals surface area contributed by atoms with Gasteiger partial charge in [-0.3, -0.25) is 9.69 Å². The predicted molar refractivity (Wildman–Crippen MR) is 126 cm³/mol. The van der Waals surface area contributed by atoms with Crippen LogP contribution in [0.4, 0.5) is 16.2 Å². The molecule has 0 saturated carbocycles. The number of nitrogens with one attached hydrogen (secondary N) is 1. The standard InChI is InChI=1S/C26H25N3O4/c1-33-25(31)22-13-5-6-14-23(22)27-24(30)20-11-7-12-21(17-20)29-16-8-15-28(26(29)32)18-19-9-3-2-4-10-19/h2-7,9-14,17H,8,15-16,18H2,1H3,(H,27,30). The third kappa shape index (κ3) is 5.03. The third-order valence-corrected chi connectivity index (χ3v) is 5.53. The van der Waals surface area contributed by atoms with E-state index in [0.717, 1.165) is 12.0 Å². The molecule has 3 amide bonds. The van der Waals surface area contributed by atoms with E-state index in [1.54, 1.807) is 47.4 Å². The first-order valence-corrected chi connectivity index (χ1v) is 10.8. The van der Waals surface area contributed by atoms with Gasteiger partial charge in [-0.05, 0) is 42.3 Å². The van der Waals surface area contributed by atoms with Crippen LogP contribution in [0.25, 0.3) is 0 Å². The van der Waals surface area contributed by atoms with Gasteiger partial charge in [0.15, 0.2) is 0 Å². The molecule has 0 atom stereocenters. The summed E-state index contributed by atoms with van der Waals surface area (Å²) in [4.78, 5) is 41.6. The lowest BCUT2D eigenvalue weighted by Gasteiger charge is -2.35. The molecule has 0 bridgehead atoms. The molecule has 3 aromatic rings. The zero-order valence-corrected chi connectivity index (χ0v) is 18.4. The van der Waals surface area contributed by atoms with Crippen LogP contribution in [0.5, 0.6) is 0 Å². The van der Waals surface area contributed by atoms with Gasteiger partial charge in [0.05, 0.1) is 18.4 Å². The molecule has 0 spiro atoms. The topological polar surface area (TPSA) is 79.0 Å². The van der Waals surface area contributed by atoms with Gasteiger partial charge in [-0.15, -0.1) is 0 Å².